The summed E-state index contributed by atoms with van der Waals surface area (Å²) in [5, 5.41) is 0. The summed E-state index contributed by atoms with van der Waals surface area (Å²) in [6, 6.07) is 32.5. The molecule has 0 unspecified atom stereocenters. The van der Waals surface area contributed by atoms with E-state index in [9.17, 15) is 0 Å². The number of rotatable bonds is 5. The molecule has 1 aliphatic rings. The third-order valence-electron chi connectivity index (χ3n) is 4.64. The van der Waals surface area contributed by atoms with E-state index in [-0.39, 0.29) is 4.75 Å². The number of allylic oxidation sites excluding steroid dienone is 4. The Morgan fingerprint density at radius 3 is 1.48 bits per heavy atom. The molecule has 4 rings (SSSR count). The first-order valence-corrected chi connectivity index (χ1v) is 9.41. The Hall–Kier alpha value is -2.51. The fourth-order valence-corrected chi connectivity index (χ4v) is 4.95. The lowest BCUT2D eigenvalue weighted by Gasteiger charge is -2.38. The van der Waals surface area contributed by atoms with Crippen molar-refractivity contribution in [2.75, 3.05) is 0 Å². The van der Waals surface area contributed by atoms with Crippen LogP contribution in [0.2, 0.25) is 0 Å². The van der Waals surface area contributed by atoms with Crippen molar-refractivity contribution in [3.8, 4) is 0 Å². The molecular formula is C24H20S. The van der Waals surface area contributed by atoms with Crippen LogP contribution in [0.1, 0.15) is 11.1 Å². The minimum atomic E-state index is -0.187. The van der Waals surface area contributed by atoms with E-state index in [1.165, 1.54) is 16.0 Å². The molecule has 0 nitrogen and oxygen atoms in total. The topological polar surface area (TPSA) is 0 Å². The van der Waals surface area contributed by atoms with Crippen LogP contribution < -0.4 is 0 Å². The Morgan fingerprint density at radius 1 is 0.560 bits per heavy atom. The summed E-state index contributed by atoms with van der Waals surface area (Å²) in [5.74, 6) is 0.308. The van der Waals surface area contributed by atoms with Crippen LogP contribution in [0.4, 0.5) is 0 Å². The molecular weight excluding hydrogens is 320 g/mol. The molecule has 122 valence electrons. The third-order valence-corrected chi connectivity index (χ3v) is 6.22. The molecule has 1 aliphatic carbocycles. The predicted octanol–water partition coefficient (Wildman–Crippen LogP) is 6.46. The van der Waals surface area contributed by atoms with E-state index < -0.39 is 0 Å². The minimum absolute atomic E-state index is 0.187. The Kier molecular flexibility index (Phi) is 4.58. The normalized spacial score (nSPS) is 14.1. The van der Waals surface area contributed by atoms with Gasteiger partial charge in [0.1, 0.15) is 0 Å². The molecule has 1 heteroatoms. The SMILES string of the molecule is C1=CC(C(Sc2ccccc2)(c2ccccc2)c2ccccc2)C=C1. The van der Waals surface area contributed by atoms with Crippen molar-refractivity contribution in [3.05, 3.63) is 126 Å². The van der Waals surface area contributed by atoms with E-state index in [1.54, 1.807) is 0 Å². The molecule has 0 atom stereocenters. The lowest BCUT2D eigenvalue weighted by atomic mass is 9.80. The average Bonchev–Trinajstić information content (AvgIpc) is 3.23. The zero-order chi connectivity index (χ0) is 17.0. The van der Waals surface area contributed by atoms with Gasteiger partial charge in [-0.25, -0.2) is 0 Å². The predicted molar refractivity (Wildman–Crippen MR) is 108 cm³/mol. The summed E-state index contributed by atoms with van der Waals surface area (Å²) < 4.78 is -0.187. The van der Waals surface area contributed by atoms with E-state index in [0.29, 0.717) is 5.92 Å². The van der Waals surface area contributed by atoms with Crippen molar-refractivity contribution >= 4 is 11.8 Å². The third kappa shape index (κ3) is 3.08. The van der Waals surface area contributed by atoms with Gasteiger partial charge in [-0.2, -0.15) is 0 Å². The highest BCUT2D eigenvalue weighted by atomic mass is 32.2. The van der Waals surface area contributed by atoms with Crippen molar-refractivity contribution in [2.24, 2.45) is 5.92 Å². The average molecular weight is 340 g/mol. The first-order valence-electron chi connectivity index (χ1n) is 8.60. The number of hydrogen-bond acceptors (Lipinski definition) is 1. The Morgan fingerprint density at radius 2 is 1.00 bits per heavy atom. The van der Waals surface area contributed by atoms with Crippen LogP contribution in [0, 0.1) is 5.92 Å². The van der Waals surface area contributed by atoms with Gasteiger partial charge in [0.05, 0.1) is 4.75 Å². The summed E-state index contributed by atoms with van der Waals surface area (Å²) in [7, 11) is 0. The lowest BCUT2D eigenvalue weighted by Crippen LogP contribution is -2.30. The smallest absolute Gasteiger partial charge is 0.0801 e. The highest BCUT2D eigenvalue weighted by Gasteiger charge is 2.41. The zero-order valence-corrected chi connectivity index (χ0v) is 14.8. The summed E-state index contributed by atoms with van der Waals surface area (Å²) in [6.45, 7) is 0. The summed E-state index contributed by atoms with van der Waals surface area (Å²) in [4.78, 5) is 1.28. The van der Waals surface area contributed by atoms with Gasteiger partial charge in [-0.1, -0.05) is 103 Å². The van der Waals surface area contributed by atoms with Gasteiger partial charge in [0, 0.05) is 10.8 Å². The number of benzene rings is 3. The molecule has 0 heterocycles. The summed E-state index contributed by atoms with van der Waals surface area (Å²) >= 11 is 1.94. The molecule has 0 bridgehead atoms. The fraction of sp³-hybridized carbons (Fsp3) is 0.0833. The fourth-order valence-electron chi connectivity index (χ4n) is 3.49. The Bertz CT molecular complexity index is 812. The van der Waals surface area contributed by atoms with Crippen molar-refractivity contribution in [3.63, 3.8) is 0 Å². The van der Waals surface area contributed by atoms with Crippen molar-refractivity contribution in [1.29, 1.82) is 0 Å². The van der Waals surface area contributed by atoms with Gasteiger partial charge in [-0.3, -0.25) is 0 Å². The van der Waals surface area contributed by atoms with Gasteiger partial charge in [0.2, 0.25) is 0 Å². The van der Waals surface area contributed by atoms with Crippen molar-refractivity contribution in [2.45, 2.75) is 9.64 Å². The molecule has 3 aromatic rings. The Labute approximate surface area is 153 Å². The van der Waals surface area contributed by atoms with Crippen LogP contribution in [-0.2, 0) is 4.75 Å². The molecule has 3 aromatic carbocycles. The zero-order valence-electron chi connectivity index (χ0n) is 14.0. The van der Waals surface area contributed by atoms with Crippen LogP contribution >= 0.6 is 11.8 Å². The second-order valence-corrected chi connectivity index (χ2v) is 7.50. The van der Waals surface area contributed by atoms with E-state index in [4.69, 9.17) is 0 Å². The van der Waals surface area contributed by atoms with E-state index in [2.05, 4.69) is 115 Å². The van der Waals surface area contributed by atoms with Crippen LogP contribution in [0.25, 0.3) is 0 Å². The molecule has 25 heavy (non-hydrogen) atoms. The maximum atomic E-state index is 2.32. The van der Waals surface area contributed by atoms with Crippen LogP contribution in [-0.4, -0.2) is 0 Å². The maximum Gasteiger partial charge on any atom is 0.0801 e. The van der Waals surface area contributed by atoms with Gasteiger partial charge in [0.15, 0.2) is 0 Å². The molecule has 0 fully saturated rings. The first-order chi connectivity index (χ1) is 12.4. The van der Waals surface area contributed by atoms with Crippen LogP contribution in [0.3, 0.4) is 0 Å². The molecule has 0 aromatic heterocycles. The maximum absolute atomic E-state index is 2.32. The summed E-state index contributed by atoms with van der Waals surface area (Å²) in [6.07, 6.45) is 8.96. The van der Waals surface area contributed by atoms with Crippen LogP contribution in [0.5, 0.6) is 0 Å². The highest BCUT2D eigenvalue weighted by molar-refractivity contribution is 8.00. The van der Waals surface area contributed by atoms with Crippen LogP contribution in [0.15, 0.2) is 120 Å². The number of thioether (sulfide) groups is 1. The van der Waals surface area contributed by atoms with E-state index >= 15 is 0 Å². The molecule has 0 N–H and O–H groups in total. The van der Waals surface area contributed by atoms with Gasteiger partial charge >= 0.3 is 0 Å². The number of hydrogen-bond donors (Lipinski definition) is 0. The second kappa shape index (κ2) is 7.16. The monoisotopic (exact) mass is 340 g/mol. The van der Waals surface area contributed by atoms with Crippen molar-refractivity contribution < 1.29 is 0 Å². The molecule has 0 amide bonds. The van der Waals surface area contributed by atoms with Gasteiger partial charge in [0.25, 0.3) is 0 Å². The van der Waals surface area contributed by atoms with Crippen molar-refractivity contribution in [1.82, 2.24) is 0 Å². The molecule has 0 spiro atoms. The quantitative estimate of drug-likeness (QED) is 0.480. The van der Waals surface area contributed by atoms with E-state index in [1.807, 2.05) is 11.8 Å². The highest BCUT2D eigenvalue weighted by Crippen LogP contribution is 2.53. The van der Waals surface area contributed by atoms with Gasteiger partial charge in [-0.05, 0) is 23.3 Å². The van der Waals surface area contributed by atoms with E-state index in [0.717, 1.165) is 0 Å². The molecule has 0 saturated carbocycles. The lowest BCUT2D eigenvalue weighted by molar-refractivity contribution is 0.631. The molecule has 0 radical (unpaired) electrons. The largest absolute Gasteiger partial charge is 0.109 e. The van der Waals surface area contributed by atoms with Gasteiger partial charge < -0.3 is 0 Å². The summed E-state index contributed by atoms with van der Waals surface area (Å²) in [5.41, 5.74) is 2.66. The standard InChI is InChI=1S/C24H20S/c1-4-12-20(13-5-1)24(22-16-10-11-17-22,21-14-6-2-7-15-21)25-23-18-8-3-9-19-23/h1-19,22H. The second-order valence-electron chi connectivity index (χ2n) is 6.18. The van der Waals surface area contributed by atoms with Gasteiger partial charge in [-0.15, -0.1) is 11.8 Å². The first kappa shape index (κ1) is 16.0. The molecule has 0 saturated heterocycles. The Balaban J connectivity index is 1.94. The minimum Gasteiger partial charge on any atom is -0.109 e. The molecule has 0 aliphatic heterocycles.